The van der Waals surface area contributed by atoms with E-state index >= 15 is 0 Å². The van der Waals surface area contributed by atoms with E-state index in [1.807, 2.05) is 24.3 Å². The minimum Gasteiger partial charge on any atom is -0.389 e. The zero-order valence-corrected chi connectivity index (χ0v) is 11.5. The summed E-state index contributed by atoms with van der Waals surface area (Å²) in [6.45, 7) is 0. The largest absolute Gasteiger partial charge is 0.389 e. The van der Waals surface area contributed by atoms with E-state index < -0.39 is 0 Å². The molecule has 4 nitrogen and oxygen atoms in total. The number of hydrogen-bond donors (Lipinski definition) is 2. The number of fused-ring (bicyclic) bond motifs is 1. The molecule has 2 aromatic heterocycles. The molecule has 3 rings (SSSR count). The lowest BCUT2D eigenvalue weighted by Crippen LogP contribution is -2.12. The number of thiazole rings is 1. The standard InChI is InChI=1S/C13H10N4S2/c14-12(18)8-5-6-15-7-10(8)17-13-16-9-3-1-2-4-11(9)19-13/h1-7H,(H2,14,18)(H,16,17). The van der Waals surface area contributed by atoms with E-state index in [0.29, 0.717) is 4.99 Å². The maximum atomic E-state index is 5.69. The molecule has 0 bridgehead atoms. The van der Waals surface area contributed by atoms with E-state index in [2.05, 4.69) is 15.3 Å². The second kappa shape index (κ2) is 4.91. The number of thiocarbonyl (C=S) groups is 1. The number of para-hydroxylation sites is 1. The maximum Gasteiger partial charge on any atom is 0.188 e. The average Bonchev–Trinajstić information content (AvgIpc) is 2.81. The first-order valence-electron chi connectivity index (χ1n) is 5.60. The number of benzene rings is 1. The van der Waals surface area contributed by atoms with E-state index in [9.17, 15) is 0 Å². The molecule has 3 aromatic rings. The third kappa shape index (κ3) is 2.40. The molecule has 0 aliphatic heterocycles. The summed E-state index contributed by atoms with van der Waals surface area (Å²) in [6, 6.07) is 9.77. The summed E-state index contributed by atoms with van der Waals surface area (Å²) in [5.41, 5.74) is 8.20. The lowest BCUT2D eigenvalue weighted by Gasteiger charge is -2.07. The van der Waals surface area contributed by atoms with Crippen LogP contribution in [0.3, 0.4) is 0 Å². The first kappa shape index (κ1) is 12.0. The number of nitrogens with one attached hydrogen (secondary N) is 1. The number of nitrogens with zero attached hydrogens (tertiary/aromatic N) is 2. The maximum absolute atomic E-state index is 5.69. The average molecular weight is 286 g/mol. The lowest BCUT2D eigenvalue weighted by atomic mass is 10.2. The van der Waals surface area contributed by atoms with Gasteiger partial charge in [0.05, 0.1) is 22.1 Å². The number of rotatable bonds is 3. The van der Waals surface area contributed by atoms with Gasteiger partial charge in [0.1, 0.15) is 4.99 Å². The Morgan fingerprint density at radius 1 is 1.26 bits per heavy atom. The molecule has 0 fully saturated rings. The topological polar surface area (TPSA) is 63.8 Å². The van der Waals surface area contributed by atoms with Gasteiger partial charge in [-0.05, 0) is 18.2 Å². The van der Waals surface area contributed by atoms with E-state index in [-0.39, 0.29) is 0 Å². The predicted octanol–water partition coefficient (Wildman–Crippen LogP) is 3.07. The van der Waals surface area contributed by atoms with Crippen LogP contribution in [0.25, 0.3) is 10.2 Å². The molecule has 0 saturated heterocycles. The van der Waals surface area contributed by atoms with Crippen LogP contribution in [-0.2, 0) is 0 Å². The highest BCUT2D eigenvalue weighted by Crippen LogP contribution is 2.28. The molecule has 2 heterocycles. The van der Waals surface area contributed by atoms with Crippen LogP contribution >= 0.6 is 23.6 Å². The molecular formula is C13H10N4S2. The van der Waals surface area contributed by atoms with Gasteiger partial charge in [0.2, 0.25) is 0 Å². The quantitative estimate of drug-likeness (QED) is 0.724. The molecule has 94 valence electrons. The van der Waals surface area contributed by atoms with E-state index in [4.69, 9.17) is 18.0 Å². The molecule has 0 atom stereocenters. The van der Waals surface area contributed by atoms with Gasteiger partial charge in [-0.3, -0.25) is 4.98 Å². The fourth-order valence-corrected chi connectivity index (χ4v) is 2.81. The van der Waals surface area contributed by atoms with Crippen molar-refractivity contribution in [3.8, 4) is 0 Å². The zero-order valence-electron chi connectivity index (χ0n) is 9.83. The molecule has 0 saturated carbocycles. The number of aromatic nitrogens is 2. The van der Waals surface area contributed by atoms with Crippen molar-refractivity contribution >= 4 is 49.6 Å². The third-order valence-electron chi connectivity index (χ3n) is 2.62. The van der Waals surface area contributed by atoms with Crippen molar-refractivity contribution in [1.29, 1.82) is 0 Å². The van der Waals surface area contributed by atoms with Crippen molar-refractivity contribution in [3.05, 3.63) is 48.3 Å². The number of pyridine rings is 1. The normalized spacial score (nSPS) is 10.5. The first-order valence-corrected chi connectivity index (χ1v) is 6.83. The van der Waals surface area contributed by atoms with Crippen molar-refractivity contribution in [2.75, 3.05) is 5.32 Å². The molecule has 0 radical (unpaired) electrons. The van der Waals surface area contributed by atoms with Crippen LogP contribution in [0.4, 0.5) is 10.8 Å². The Balaban J connectivity index is 1.99. The summed E-state index contributed by atoms with van der Waals surface area (Å²) in [7, 11) is 0. The van der Waals surface area contributed by atoms with Crippen LogP contribution < -0.4 is 11.1 Å². The van der Waals surface area contributed by atoms with Gasteiger partial charge in [0.25, 0.3) is 0 Å². The SMILES string of the molecule is NC(=S)c1ccncc1Nc1nc2ccccc2s1. The minimum atomic E-state index is 0.339. The van der Waals surface area contributed by atoms with Gasteiger partial charge in [-0.2, -0.15) is 0 Å². The summed E-state index contributed by atoms with van der Waals surface area (Å²) in [6.07, 6.45) is 3.36. The first-order chi connectivity index (χ1) is 9.24. The smallest absolute Gasteiger partial charge is 0.188 e. The van der Waals surface area contributed by atoms with Crippen LogP contribution in [-0.4, -0.2) is 15.0 Å². The van der Waals surface area contributed by atoms with Gasteiger partial charge >= 0.3 is 0 Å². The van der Waals surface area contributed by atoms with Gasteiger partial charge in [-0.15, -0.1) is 0 Å². The number of anilines is 2. The fraction of sp³-hybridized carbons (Fsp3) is 0. The van der Waals surface area contributed by atoms with E-state index in [1.54, 1.807) is 29.8 Å². The molecule has 0 aliphatic rings. The second-order valence-corrected chi connectivity index (χ2v) is 5.37. The van der Waals surface area contributed by atoms with E-state index in [1.165, 1.54) is 0 Å². The summed E-state index contributed by atoms with van der Waals surface area (Å²) < 4.78 is 1.13. The molecule has 0 aliphatic carbocycles. The summed E-state index contributed by atoms with van der Waals surface area (Å²) in [5.74, 6) is 0. The highest BCUT2D eigenvalue weighted by Gasteiger charge is 2.08. The second-order valence-electron chi connectivity index (χ2n) is 3.90. The Bertz CT molecular complexity index is 718. The summed E-state index contributed by atoms with van der Waals surface area (Å²) in [4.78, 5) is 8.92. The molecular weight excluding hydrogens is 276 g/mol. The lowest BCUT2D eigenvalue weighted by molar-refractivity contribution is 1.31. The van der Waals surface area contributed by atoms with Crippen molar-refractivity contribution < 1.29 is 0 Å². The monoisotopic (exact) mass is 286 g/mol. The Labute approximate surface area is 119 Å². The third-order valence-corrected chi connectivity index (χ3v) is 3.79. The van der Waals surface area contributed by atoms with Crippen LogP contribution in [0.1, 0.15) is 5.56 Å². The van der Waals surface area contributed by atoms with Crippen molar-refractivity contribution in [2.24, 2.45) is 5.73 Å². The highest BCUT2D eigenvalue weighted by atomic mass is 32.1. The molecule has 19 heavy (non-hydrogen) atoms. The fourth-order valence-electron chi connectivity index (χ4n) is 1.75. The Morgan fingerprint density at radius 2 is 2.11 bits per heavy atom. The summed E-state index contributed by atoms with van der Waals surface area (Å²) >= 11 is 6.60. The van der Waals surface area contributed by atoms with Crippen molar-refractivity contribution in [2.45, 2.75) is 0 Å². The molecule has 6 heteroatoms. The Kier molecular flexibility index (Phi) is 3.10. The van der Waals surface area contributed by atoms with Crippen LogP contribution in [0, 0.1) is 0 Å². The Morgan fingerprint density at radius 3 is 2.89 bits per heavy atom. The molecule has 0 unspecified atom stereocenters. The molecule has 1 aromatic carbocycles. The molecule has 0 spiro atoms. The van der Waals surface area contributed by atoms with Crippen LogP contribution in [0.2, 0.25) is 0 Å². The molecule has 0 amide bonds. The number of hydrogen-bond acceptors (Lipinski definition) is 5. The van der Waals surface area contributed by atoms with Crippen LogP contribution in [0.5, 0.6) is 0 Å². The van der Waals surface area contributed by atoms with Crippen molar-refractivity contribution in [3.63, 3.8) is 0 Å². The summed E-state index contributed by atoms with van der Waals surface area (Å²) in [5, 5.41) is 4.02. The van der Waals surface area contributed by atoms with Gasteiger partial charge in [0.15, 0.2) is 5.13 Å². The molecule has 3 N–H and O–H groups in total. The Hall–Kier alpha value is -2.05. The van der Waals surface area contributed by atoms with Gasteiger partial charge in [-0.1, -0.05) is 35.7 Å². The van der Waals surface area contributed by atoms with Crippen LogP contribution in [0.15, 0.2) is 42.7 Å². The zero-order chi connectivity index (χ0) is 13.2. The minimum absolute atomic E-state index is 0.339. The predicted molar refractivity (Wildman–Crippen MR) is 83.0 cm³/mol. The van der Waals surface area contributed by atoms with Gasteiger partial charge in [0, 0.05) is 11.8 Å². The van der Waals surface area contributed by atoms with E-state index in [0.717, 1.165) is 26.6 Å². The number of nitrogens with two attached hydrogens (primary N) is 1. The van der Waals surface area contributed by atoms with Gasteiger partial charge in [-0.25, -0.2) is 4.98 Å². The van der Waals surface area contributed by atoms with Gasteiger partial charge < -0.3 is 11.1 Å². The van der Waals surface area contributed by atoms with Crippen molar-refractivity contribution in [1.82, 2.24) is 9.97 Å². The highest BCUT2D eigenvalue weighted by molar-refractivity contribution is 7.80.